The van der Waals surface area contributed by atoms with E-state index in [4.69, 9.17) is 0 Å². The number of hydrogen-bond acceptors (Lipinski definition) is 2. The second-order valence-electron chi connectivity index (χ2n) is 5.44. The lowest BCUT2D eigenvalue weighted by Crippen LogP contribution is -2.50. The Morgan fingerprint density at radius 1 is 1.12 bits per heavy atom. The molecule has 92 valence electrons. The average Bonchev–Trinajstić information content (AvgIpc) is 2.29. The summed E-state index contributed by atoms with van der Waals surface area (Å²) >= 11 is 0. The van der Waals surface area contributed by atoms with Gasteiger partial charge in [0.15, 0.2) is 0 Å². The van der Waals surface area contributed by atoms with E-state index in [0.29, 0.717) is 12.0 Å². The fourth-order valence-electron chi connectivity index (χ4n) is 3.36. The van der Waals surface area contributed by atoms with Gasteiger partial charge in [0.25, 0.3) is 0 Å². The molecule has 0 aromatic rings. The maximum atomic E-state index is 11.6. The van der Waals surface area contributed by atoms with Crippen molar-refractivity contribution >= 4 is 5.91 Å². The zero-order valence-electron chi connectivity index (χ0n) is 10.6. The molecule has 2 atom stereocenters. The molecule has 2 fully saturated rings. The van der Waals surface area contributed by atoms with Gasteiger partial charge in [-0.15, -0.1) is 0 Å². The van der Waals surface area contributed by atoms with Gasteiger partial charge in [-0.05, 0) is 51.6 Å². The van der Waals surface area contributed by atoms with E-state index >= 15 is 0 Å². The summed E-state index contributed by atoms with van der Waals surface area (Å²) in [6.45, 7) is 5.11. The molecule has 3 nitrogen and oxygen atoms in total. The summed E-state index contributed by atoms with van der Waals surface area (Å²) in [5.74, 6) is 0.987. The van der Waals surface area contributed by atoms with Crippen LogP contribution in [0.15, 0.2) is 0 Å². The van der Waals surface area contributed by atoms with Crippen molar-refractivity contribution in [3.8, 4) is 0 Å². The van der Waals surface area contributed by atoms with Gasteiger partial charge in [-0.2, -0.15) is 0 Å². The first-order valence-electron chi connectivity index (χ1n) is 6.64. The zero-order valence-corrected chi connectivity index (χ0v) is 10.6. The number of likely N-dealkylation sites (tertiary alicyclic amines) is 2. The molecule has 0 aromatic carbocycles. The van der Waals surface area contributed by atoms with Crippen LogP contribution in [-0.4, -0.2) is 48.4 Å². The minimum absolute atomic E-state index is 0.276. The Bertz CT molecular complexity index is 254. The van der Waals surface area contributed by atoms with Crippen LogP contribution in [0.1, 0.15) is 39.0 Å². The van der Waals surface area contributed by atoms with Crippen molar-refractivity contribution in [1.29, 1.82) is 0 Å². The summed E-state index contributed by atoms with van der Waals surface area (Å²) in [7, 11) is 2.20. The first-order valence-corrected chi connectivity index (χ1v) is 6.64. The van der Waals surface area contributed by atoms with Crippen molar-refractivity contribution in [3.05, 3.63) is 0 Å². The van der Waals surface area contributed by atoms with E-state index in [9.17, 15) is 4.79 Å². The molecular weight excluding hydrogens is 200 g/mol. The highest BCUT2D eigenvalue weighted by Crippen LogP contribution is 2.29. The van der Waals surface area contributed by atoms with Gasteiger partial charge >= 0.3 is 0 Å². The first kappa shape index (κ1) is 11.9. The van der Waals surface area contributed by atoms with Crippen LogP contribution in [0.3, 0.4) is 0 Å². The third kappa shape index (κ3) is 2.57. The largest absolute Gasteiger partial charge is 0.340 e. The highest BCUT2D eigenvalue weighted by Gasteiger charge is 2.33. The molecule has 0 radical (unpaired) electrons. The maximum Gasteiger partial charge on any atom is 0.219 e. The van der Waals surface area contributed by atoms with Crippen LogP contribution in [0.4, 0.5) is 0 Å². The molecule has 0 spiro atoms. The van der Waals surface area contributed by atoms with Crippen LogP contribution in [-0.2, 0) is 4.79 Å². The normalized spacial score (nSPS) is 32.8. The number of carbonyl (C=O) groups excluding carboxylic acids is 1. The van der Waals surface area contributed by atoms with Gasteiger partial charge in [0.05, 0.1) is 0 Å². The number of rotatable bonds is 1. The van der Waals surface area contributed by atoms with Crippen molar-refractivity contribution in [1.82, 2.24) is 9.80 Å². The smallest absolute Gasteiger partial charge is 0.219 e. The van der Waals surface area contributed by atoms with Gasteiger partial charge in [0.1, 0.15) is 0 Å². The van der Waals surface area contributed by atoms with Crippen molar-refractivity contribution in [3.63, 3.8) is 0 Å². The number of nitrogens with zero attached hydrogens (tertiary/aromatic N) is 2. The van der Waals surface area contributed by atoms with E-state index in [1.54, 1.807) is 6.92 Å². The lowest BCUT2D eigenvalue weighted by molar-refractivity contribution is -0.134. The molecule has 3 heteroatoms. The van der Waals surface area contributed by atoms with Gasteiger partial charge in [-0.1, -0.05) is 0 Å². The van der Waals surface area contributed by atoms with Gasteiger partial charge in [-0.3, -0.25) is 4.79 Å². The van der Waals surface area contributed by atoms with Crippen LogP contribution in [0.25, 0.3) is 0 Å². The molecular formula is C13H24N2O. The third-order valence-electron chi connectivity index (χ3n) is 4.16. The van der Waals surface area contributed by atoms with Crippen LogP contribution in [0.2, 0.25) is 0 Å². The highest BCUT2D eigenvalue weighted by molar-refractivity contribution is 5.73. The topological polar surface area (TPSA) is 23.6 Å². The number of piperidine rings is 2. The summed E-state index contributed by atoms with van der Waals surface area (Å²) in [4.78, 5) is 16.2. The van der Waals surface area contributed by atoms with E-state index in [0.717, 1.165) is 6.54 Å². The molecule has 1 amide bonds. The molecule has 0 saturated carbocycles. The monoisotopic (exact) mass is 224 g/mol. The Kier molecular flexibility index (Phi) is 3.85. The van der Waals surface area contributed by atoms with Gasteiger partial charge < -0.3 is 9.80 Å². The number of carbonyl (C=O) groups is 1. The number of hydrogen-bond donors (Lipinski definition) is 0. The third-order valence-corrected chi connectivity index (χ3v) is 4.16. The zero-order chi connectivity index (χ0) is 11.5. The average molecular weight is 224 g/mol. The molecule has 2 rings (SSSR count). The standard InChI is InChI=1S/C13H24N2O/c1-11(16)15-9-4-3-7-13(15)12-6-5-8-14(2)10-12/h12-13H,3-10H2,1-2H3/t12?,13-/m0/s1. The molecule has 2 aliphatic heterocycles. The van der Waals surface area contributed by atoms with Gasteiger partial charge in [-0.25, -0.2) is 0 Å². The van der Waals surface area contributed by atoms with Gasteiger partial charge in [0.2, 0.25) is 5.91 Å². The van der Waals surface area contributed by atoms with Crippen LogP contribution in [0, 0.1) is 5.92 Å². The Balaban J connectivity index is 2.01. The second kappa shape index (κ2) is 5.17. The maximum absolute atomic E-state index is 11.6. The molecule has 1 unspecified atom stereocenters. The molecule has 2 heterocycles. The lowest BCUT2D eigenvalue weighted by atomic mass is 9.85. The SMILES string of the molecule is CC(=O)N1CCCC[C@H]1C1CCCN(C)C1. The molecule has 16 heavy (non-hydrogen) atoms. The quantitative estimate of drug-likeness (QED) is 0.677. The first-order chi connectivity index (χ1) is 7.68. The minimum Gasteiger partial charge on any atom is -0.340 e. The molecule has 0 N–H and O–H groups in total. The summed E-state index contributed by atoms with van der Waals surface area (Å²) in [5, 5.41) is 0. The molecule has 0 bridgehead atoms. The minimum atomic E-state index is 0.276. The van der Waals surface area contributed by atoms with Crippen molar-refractivity contribution in [2.24, 2.45) is 5.92 Å². The van der Waals surface area contributed by atoms with Gasteiger partial charge in [0, 0.05) is 26.1 Å². The van der Waals surface area contributed by atoms with E-state index in [1.807, 2.05) is 0 Å². The predicted molar refractivity (Wildman–Crippen MR) is 65.2 cm³/mol. The van der Waals surface area contributed by atoms with E-state index in [2.05, 4.69) is 16.8 Å². The van der Waals surface area contributed by atoms with E-state index < -0.39 is 0 Å². The van der Waals surface area contributed by atoms with Crippen LogP contribution < -0.4 is 0 Å². The van der Waals surface area contributed by atoms with E-state index in [1.165, 1.54) is 45.2 Å². The number of amides is 1. The molecule has 2 aliphatic rings. The van der Waals surface area contributed by atoms with Crippen molar-refractivity contribution in [2.45, 2.75) is 45.1 Å². The highest BCUT2D eigenvalue weighted by atomic mass is 16.2. The summed E-state index contributed by atoms with van der Waals surface area (Å²) in [6, 6.07) is 0.522. The summed E-state index contributed by atoms with van der Waals surface area (Å²) in [6.07, 6.45) is 6.31. The van der Waals surface area contributed by atoms with Crippen molar-refractivity contribution in [2.75, 3.05) is 26.7 Å². The Morgan fingerprint density at radius 2 is 1.94 bits per heavy atom. The fraction of sp³-hybridized carbons (Fsp3) is 0.923. The molecule has 2 saturated heterocycles. The van der Waals surface area contributed by atoms with E-state index in [-0.39, 0.29) is 5.91 Å². The van der Waals surface area contributed by atoms with Crippen LogP contribution in [0.5, 0.6) is 0 Å². The van der Waals surface area contributed by atoms with Crippen LogP contribution >= 0.6 is 0 Å². The lowest BCUT2D eigenvalue weighted by Gasteiger charge is -2.43. The second-order valence-corrected chi connectivity index (χ2v) is 5.44. The summed E-state index contributed by atoms with van der Waals surface area (Å²) < 4.78 is 0. The molecule has 0 aromatic heterocycles. The Morgan fingerprint density at radius 3 is 2.62 bits per heavy atom. The fourth-order valence-corrected chi connectivity index (χ4v) is 3.36. The Labute approximate surface area is 98.8 Å². The molecule has 0 aliphatic carbocycles. The Hall–Kier alpha value is -0.570. The predicted octanol–water partition coefficient (Wildman–Crippen LogP) is 1.73. The summed E-state index contributed by atoms with van der Waals surface area (Å²) in [5.41, 5.74) is 0. The van der Waals surface area contributed by atoms with Crippen molar-refractivity contribution < 1.29 is 4.79 Å².